The van der Waals surface area contributed by atoms with Gasteiger partial charge < -0.3 is 9.13 Å². The van der Waals surface area contributed by atoms with Gasteiger partial charge in [0.15, 0.2) is 0 Å². The van der Waals surface area contributed by atoms with Gasteiger partial charge in [-0.3, -0.25) is 0 Å². The number of unbranched alkanes of at least 4 members (excludes halogenated alkanes) is 4. The molecule has 22 heavy (non-hydrogen) atoms. The van der Waals surface area contributed by atoms with Crippen molar-refractivity contribution in [2.24, 2.45) is 0 Å². The zero-order valence-electron chi connectivity index (χ0n) is 13.1. The molecule has 0 spiro atoms. The van der Waals surface area contributed by atoms with Crippen molar-refractivity contribution < 1.29 is 0 Å². The molecule has 0 bridgehead atoms. The molecular formula is C16H26N4S2. The number of hydrogen-bond acceptors (Lipinski definition) is 4. The summed E-state index contributed by atoms with van der Waals surface area (Å²) in [6.07, 6.45) is 19.4. The van der Waals surface area contributed by atoms with Crippen LogP contribution in [0.3, 0.4) is 0 Å². The maximum Gasteiger partial charge on any atom is 0.0945 e. The first kappa shape index (κ1) is 17.5. The third-order valence-electron chi connectivity index (χ3n) is 3.49. The van der Waals surface area contributed by atoms with Crippen molar-refractivity contribution in [1.82, 2.24) is 19.1 Å². The number of aryl methyl sites for hydroxylation is 2. The SMILES string of the molecule is c1cn(CCCCCSSCCCCCn2ccnc2)cn1. The van der Waals surface area contributed by atoms with Gasteiger partial charge in [0.2, 0.25) is 0 Å². The molecule has 0 fully saturated rings. The molecule has 6 heteroatoms. The second kappa shape index (κ2) is 11.7. The van der Waals surface area contributed by atoms with Crippen LogP contribution in [0.15, 0.2) is 37.4 Å². The molecule has 2 rings (SSSR count). The lowest BCUT2D eigenvalue weighted by atomic mass is 10.2. The minimum atomic E-state index is 1.11. The van der Waals surface area contributed by atoms with Gasteiger partial charge in [0.05, 0.1) is 12.7 Å². The average Bonchev–Trinajstić information content (AvgIpc) is 3.21. The van der Waals surface area contributed by atoms with E-state index in [1.807, 2.05) is 59.0 Å². The molecule has 0 amide bonds. The van der Waals surface area contributed by atoms with Crippen LogP contribution in [-0.4, -0.2) is 30.6 Å². The van der Waals surface area contributed by atoms with E-state index in [2.05, 4.69) is 19.1 Å². The van der Waals surface area contributed by atoms with Crippen LogP contribution < -0.4 is 0 Å². The Morgan fingerprint density at radius 3 is 1.55 bits per heavy atom. The molecule has 4 nitrogen and oxygen atoms in total. The van der Waals surface area contributed by atoms with E-state index in [9.17, 15) is 0 Å². The van der Waals surface area contributed by atoms with Crippen LogP contribution in [0.5, 0.6) is 0 Å². The van der Waals surface area contributed by atoms with Crippen molar-refractivity contribution >= 4 is 21.6 Å². The van der Waals surface area contributed by atoms with E-state index in [-0.39, 0.29) is 0 Å². The largest absolute Gasteiger partial charge is 0.337 e. The monoisotopic (exact) mass is 338 g/mol. The Balaban J connectivity index is 1.29. The molecular weight excluding hydrogens is 312 g/mol. The first-order valence-electron chi connectivity index (χ1n) is 8.11. The fourth-order valence-electron chi connectivity index (χ4n) is 2.22. The van der Waals surface area contributed by atoms with Crippen LogP contribution in [0.4, 0.5) is 0 Å². The maximum absolute atomic E-state index is 4.06. The van der Waals surface area contributed by atoms with Gasteiger partial charge in [0.1, 0.15) is 0 Å². The van der Waals surface area contributed by atoms with Gasteiger partial charge >= 0.3 is 0 Å². The highest BCUT2D eigenvalue weighted by molar-refractivity contribution is 8.76. The molecule has 2 heterocycles. The van der Waals surface area contributed by atoms with E-state index in [4.69, 9.17) is 0 Å². The number of hydrogen-bond donors (Lipinski definition) is 0. The Bertz CT molecular complexity index is 412. The quantitative estimate of drug-likeness (QED) is 0.398. The lowest BCUT2D eigenvalue weighted by Gasteiger charge is -2.04. The first-order chi connectivity index (χ1) is 10.9. The number of imidazole rings is 2. The minimum Gasteiger partial charge on any atom is -0.337 e. The second-order valence-electron chi connectivity index (χ2n) is 5.37. The highest BCUT2D eigenvalue weighted by Crippen LogP contribution is 2.24. The number of nitrogens with zero attached hydrogens (tertiary/aromatic N) is 4. The molecule has 2 aromatic heterocycles. The highest BCUT2D eigenvalue weighted by atomic mass is 33.1. The summed E-state index contributed by atoms with van der Waals surface area (Å²) < 4.78 is 4.32. The average molecular weight is 339 g/mol. The van der Waals surface area contributed by atoms with Crippen molar-refractivity contribution in [1.29, 1.82) is 0 Å². The molecule has 0 aliphatic carbocycles. The maximum atomic E-state index is 4.06. The van der Waals surface area contributed by atoms with Crippen LogP contribution in [-0.2, 0) is 13.1 Å². The van der Waals surface area contributed by atoms with Crippen molar-refractivity contribution in [2.75, 3.05) is 11.5 Å². The fourth-order valence-corrected chi connectivity index (χ4v) is 4.51. The normalized spacial score (nSPS) is 11.1. The minimum absolute atomic E-state index is 1.11. The van der Waals surface area contributed by atoms with Crippen LogP contribution in [0.1, 0.15) is 38.5 Å². The standard InChI is InChI=1S/C16H26N4S2/c1(3-9-19-11-7-17-15-19)5-13-21-22-14-6-2-4-10-20-12-8-18-16-20/h7-8,11-12,15-16H,1-6,9-10,13-14H2. The summed E-state index contributed by atoms with van der Waals surface area (Å²) in [5.41, 5.74) is 0. The van der Waals surface area contributed by atoms with Gasteiger partial charge in [-0.2, -0.15) is 0 Å². The van der Waals surface area contributed by atoms with Gasteiger partial charge in [0.25, 0.3) is 0 Å². The van der Waals surface area contributed by atoms with E-state index < -0.39 is 0 Å². The second-order valence-corrected chi connectivity index (χ2v) is 8.07. The number of rotatable bonds is 13. The van der Waals surface area contributed by atoms with Crippen LogP contribution in [0, 0.1) is 0 Å². The fraction of sp³-hybridized carbons (Fsp3) is 0.625. The van der Waals surface area contributed by atoms with Crippen molar-refractivity contribution in [3.05, 3.63) is 37.4 Å². The van der Waals surface area contributed by atoms with E-state index in [0.717, 1.165) is 13.1 Å². The molecule has 2 aromatic rings. The van der Waals surface area contributed by atoms with Gasteiger partial charge in [-0.05, 0) is 25.7 Å². The van der Waals surface area contributed by atoms with Crippen LogP contribution in [0.2, 0.25) is 0 Å². The summed E-state index contributed by atoms with van der Waals surface area (Å²) >= 11 is 0. The molecule has 0 saturated carbocycles. The predicted molar refractivity (Wildman–Crippen MR) is 97.1 cm³/mol. The Labute approximate surface area is 141 Å². The molecule has 122 valence electrons. The smallest absolute Gasteiger partial charge is 0.0945 e. The van der Waals surface area contributed by atoms with E-state index >= 15 is 0 Å². The van der Waals surface area contributed by atoms with E-state index in [1.54, 1.807) is 0 Å². The zero-order valence-corrected chi connectivity index (χ0v) is 14.8. The first-order valence-corrected chi connectivity index (χ1v) is 10.6. The van der Waals surface area contributed by atoms with Gasteiger partial charge in [-0.15, -0.1) is 0 Å². The number of aromatic nitrogens is 4. The summed E-state index contributed by atoms with van der Waals surface area (Å²) in [5.74, 6) is 2.56. The van der Waals surface area contributed by atoms with E-state index in [0.29, 0.717) is 0 Å². The molecule has 0 unspecified atom stereocenters. The Morgan fingerprint density at radius 1 is 0.636 bits per heavy atom. The van der Waals surface area contributed by atoms with Gasteiger partial charge in [-0.25, -0.2) is 9.97 Å². The third-order valence-corrected chi connectivity index (χ3v) is 6.07. The molecule has 0 aliphatic rings. The van der Waals surface area contributed by atoms with Crippen molar-refractivity contribution in [3.8, 4) is 0 Å². The van der Waals surface area contributed by atoms with Gasteiger partial charge in [0, 0.05) is 49.4 Å². The lowest BCUT2D eigenvalue weighted by Crippen LogP contribution is -1.94. The Kier molecular flexibility index (Phi) is 9.26. The lowest BCUT2D eigenvalue weighted by molar-refractivity contribution is 0.604. The third kappa shape index (κ3) is 7.94. The molecule has 0 saturated heterocycles. The van der Waals surface area contributed by atoms with Crippen LogP contribution >= 0.6 is 21.6 Å². The summed E-state index contributed by atoms with van der Waals surface area (Å²) in [7, 11) is 4.08. The Morgan fingerprint density at radius 2 is 1.14 bits per heavy atom. The van der Waals surface area contributed by atoms with E-state index in [1.165, 1.54) is 50.0 Å². The summed E-state index contributed by atoms with van der Waals surface area (Å²) in [4.78, 5) is 8.12. The van der Waals surface area contributed by atoms with Crippen LogP contribution in [0.25, 0.3) is 0 Å². The Hall–Kier alpha value is -0.880. The summed E-state index contributed by atoms with van der Waals surface area (Å²) in [6.45, 7) is 2.21. The van der Waals surface area contributed by atoms with Crippen molar-refractivity contribution in [2.45, 2.75) is 51.6 Å². The molecule has 0 aliphatic heterocycles. The summed E-state index contributed by atoms with van der Waals surface area (Å²) in [5, 5.41) is 0. The molecule has 0 N–H and O–H groups in total. The molecule has 0 atom stereocenters. The highest BCUT2D eigenvalue weighted by Gasteiger charge is 1.95. The van der Waals surface area contributed by atoms with Crippen molar-refractivity contribution in [3.63, 3.8) is 0 Å². The van der Waals surface area contributed by atoms with Gasteiger partial charge in [-0.1, -0.05) is 34.4 Å². The summed E-state index contributed by atoms with van der Waals surface area (Å²) in [6, 6.07) is 0. The molecule has 0 aromatic carbocycles. The topological polar surface area (TPSA) is 35.6 Å². The molecule has 0 radical (unpaired) electrons. The zero-order chi connectivity index (χ0) is 15.3. The predicted octanol–water partition coefficient (Wildman–Crippen LogP) is 4.50.